The summed E-state index contributed by atoms with van der Waals surface area (Å²) in [6, 6.07) is 8.82. The van der Waals surface area contributed by atoms with Crippen molar-refractivity contribution in [2.24, 2.45) is 0 Å². The summed E-state index contributed by atoms with van der Waals surface area (Å²) >= 11 is 0. The molecular weight excluding hydrogens is 325 g/mol. The Balaban J connectivity index is 1.76. The van der Waals surface area contributed by atoms with Crippen LogP contribution in [-0.2, 0) is 6.54 Å². The summed E-state index contributed by atoms with van der Waals surface area (Å²) in [6.45, 7) is 0.679. The fraction of sp³-hybridized carbons (Fsp3) is 0.267. The number of imidazole rings is 1. The Labute approximate surface area is 134 Å². The van der Waals surface area contributed by atoms with Gasteiger partial charge in [0.1, 0.15) is 12.4 Å². The zero-order valence-corrected chi connectivity index (χ0v) is 12.6. The molecule has 1 N–H and O–H groups in total. The number of nitrogens with one attached hydrogen (secondary N) is 1. The molecule has 0 saturated heterocycles. The molecule has 0 spiro atoms. The molecule has 0 bridgehead atoms. The van der Waals surface area contributed by atoms with Gasteiger partial charge in [-0.25, -0.2) is 4.98 Å². The summed E-state index contributed by atoms with van der Waals surface area (Å²) < 4.78 is 43.3. The lowest BCUT2D eigenvalue weighted by molar-refractivity contribution is -0.123. The molecule has 1 aromatic carbocycles. The molecule has 2 aromatic heterocycles. The monoisotopic (exact) mass is 338 g/mol. The highest BCUT2D eigenvalue weighted by molar-refractivity contribution is 5.92. The van der Waals surface area contributed by atoms with Gasteiger partial charge in [-0.2, -0.15) is 13.2 Å². The summed E-state index contributed by atoms with van der Waals surface area (Å²) in [4.78, 5) is 16.0. The third kappa shape index (κ3) is 3.39. The lowest BCUT2D eigenvalue weighted by atomic mass is 10.3. The highest BCUT2D eigenvalue weighted by Gasteiger charge is 2.28. The van der Waals surface area contributed by atoms with E-state index in [-0.39, 0.29) is 12.2 Å². The molecule has 0 aliphatic carbocycles. The Morgan fingerprint density at radius 3 is 2.83 bits per heavy atom. The summed E-state index contributed by atoms with van der Waals surface area (Å²) in [7, 11) is 0. The average Bonchev–Trinajstić information content (AvgIpc) is 3.10. The van der Waals surface area contributed by atoms with Crippen LogP contribution in [0.1, 0.15) is 22.1 Å². The molecule has 0 atom stereocenters. The Kier molecular flexibility index (Phi) is 4.00. The van der Waals surface area contributed by atoms with Gasteiger partial charge in [-0.15, -0.1) is 0 Å². The van der Waals surface area contributed by atoms with Crippen molar-refractivity contribution in [2.75, 3.05) is 6.54 Å². The van der Waals surface area contributed by atoms with Crippen molar-refractivity contribution < 1.29 is 22.5 Å². The van der Waals surface area contributed by atoms with Crippen LogP contribution in [-0.4, -0.2) is 33.3 Å². The van der Waals surface area contributed by atoms with Crippen molar-refractivity contribution in [3.63, 3.8) is 0 Å². The van der Waals surface area contributed by atoms with Gasteiger partial charge >= 0.3 is 6.18 Å². The number of benzene rings is 1. The van der Waals surface area contributed by atoms with Crippen LogP contribution in [0.25, 0.3) is 11.0 Å². The third-order valence-corrected chi connectivity index (χ3v) is 3.40. The lowest BCUT2D eigenvalue weighted by Gasteiger charge is -2.06. The number of aryl methyl sites for hydroxylation is 1. The number of hydrogen-bond donors (Lipinski definition) is 1. The number of fused-ring (bicyclic) bond motifs is 1. The van der Waals surface area contributed by atoms with Crippen LogP contribution in [0, 0.1) is 6.92 Å². The number of amides is 1. The number of carbonyl (C=O) groups is 1. The minimum Gasteiger partial charge on any atom is -0.359 e. The van der Waals surface area contributed by atoms with Crippen molar-refractivity contribution in [3.05, 3.63) is 47.6 Å². The summed E-state index contributed by atoms with van der Waals surface area (Å²) in [5.74, 6) is 0.156. The highest BCUT2D eigenvalue weighted by atomic mass is 19.4. The molecule has 9 heteroatoms. The van der Waals surface area contributed by atoms with E-state index in [2.05, 4.69) is 10.1 Å². The van der Waals surface area contributed by atoms with Gasteiger partial charge in [0.2, 0.25) is 0 Å². The first-order valence-corrected chi connectivity index (χ1v) is 7.06. The van der Waals surface area contributed by atoms with E-state index in [0.717, 1.165) is 16.9 Å². The smallest absolute Gasteiger partial charge is 0.359 e. The third-order valence-electron chi connectivity index (χ3n) is 3.40. The normalized spacial score (nSPS) is 11.8. The summed E-state index contributed by atoms with van der Waals surface area (Å²) in [5, 5.41) is 5.27. The number of alkyl halides is 3. The summed E-state index contributed by atoms with van der Waals surface area (Å²) in [6.07, 6.45) is -4.48. The molecule has 0 radical (unpaired) electrons. The van der Waals surface area contributed by atoms with Crippen LogP contribution in [0.5, 0.6) is 0 Å². The van der Waals surface area contributed by atoms with Gasteiger partial charge in [0.15, 0.2) is 11.5 Å². The molecule has 0 aliphatic heterocycles. The van der Waals surface area contributed by atoms with Crippen molar-refractivity contribution in [2.45, 2.75) is 19.6 Å². The van der Waals surface area contributed by atoms with Crippen LogP contribution in [0.3, 0.4) is 0 Å². The Hall–Kier alpha value is -2.84. The van der Waals surface area contributed by atoms with E-state index in [4.69, 9.17) is 4.52 Å². The number of halogens is 3. The Morgan fingerprint density at radius 2 is 2.08 bits per heavy atom. The predicted molar refractivity (Wildman–Crippen MR) is 78.5 cm³/mol. The SMILES string of the molecule is Cc1nc2ccccc2n1Cc1cc(C(=O)NCC(F)(F)F)no1. The maximum absolute atomic E-state index is 12.1. The standard InChI is InChI=1S/C15H13F3N4O2/c1-9-20-11-4-2-3-5-13(11)22(9)7-10-6-12(21-24-10)14(23)19-8-15(16,17)18/h2-6H,7-8H2,1H3,(H,19,23). The number of hydrogen-bond acceptors (Lipinski definition) is 4. The van der Waals surface area contributed by atoms with Gasteiger partial charge in [0.25, 0.3) is 5.91 Å². The van der Waals surface area contributed by atoms with Gasteiger partial charge in [0.05, 0.1) is 17.6 Å². The molecule has 2 heterocycles. The van der Waals surface area contributed by atoms with Gasteiger partial charge in [-0.1, -0.05) is 17.3 Å². The second-order valence-electron chi connectivity index (χ2n) is 5.21. The minimum atomic E-state index is -4.48. The number of aromatic nitrogens is 3. The van der Waals surface area contributed by atoms with E-state index in [1.807, 2.05) is 35.8 Å². The highest BCUT2D eigenvalue weighted by Crippen LogP contribution is 2.18. The topological polar surface area (TPSA) is 73.0 Å². The molecule has 0 unspecified atom stereocenters. The van der Waals surface area contributed by atoms with Crippen LogP contribution < -0.4 is 5.32 Å². The molecule has 0 saturated carbocycles. The first-order valence-electron chi connectivity index (χ1n) is 7.06. The fourth-order valence-electron chi connectivity index (χ4n) is 2.32. The minimum absolute atomic E-state index is 0.198. The zero-order valence-electron chi connectivity index (χ0n) is 12.6. The Bertz CT molecular complexity index is 882. The van der Waals surface area contributed by atoms with E-state index in [1.54, 1.807) is 5.32 Å². The van der Waals surface area contributed by atoms with E-state index in [1.165, 1.54) is 6.07 Å². The van der Waals surface area contributed by atoms with Crippen LogP contribution in [0.2, 0.25) is 0 Å². The molecule has 126 valence electrons. The van der Waals surface area contributed by atoms with E-state index in [0.29, 0.717) is 5.76 Å². The van der Waals surface area contributed by atoms with E-state index < -0.39 is 18.6 Å². The van der Waals surface area contributed by atoms with Gasteiger partial charge < -0.3 is 14.4 Å². The quantitative estimate of drug-likeness (QED) is 0.794. The van der Waals surface area contributed by atoms with E-state index >= 15 is 0 Å². The average molecular weight is 338 g/mol. The lowest BCUT2D eigenvalue weighted by Crippen LogP contribution is -2.33. The zero-order chi connectivity index (χ0) is 17.3. The van der Waals surface area contributed by atoms with Crippen molar-refractivity contribution in [1.29, 1.82) is 0 Å². The van der Waals surface area contributed by atoms with Gasteiger partial charge in [0, 0.05) is 6.07 Å². The first kappa shape index (κ1) is 16.0. The number of carbonyl (C=O) groups excluding carboxylic acids is 1. The number of para-hydroxylation sites is 2. The maximum atomic E-state index is 12.1. The second-order valence-corrected chi connectivity index (χ2v) is 5.21. The Morgan fingerprint density at radius 1 is 1.33 bits per heavy atom. The molecule has 3 rings (SSSR count). The molecule has 0 fully saturated rings. The second kappa shape index (κ2) is 5.99. The predicted octanol–water partition coefficient (Wildman–Crippen LogP) is 2.67. The maximum Gasteiger partial charge on any atom is 0.405 e. The molecule has 24 heavy (non-hydrogen) atoms. The number of nitrogens with zero attached hydrogens (tertiary/aromatic N) is 3. The van der Waals surface area contributed by atoms with Crippen molar-refractivity contribution in [1.82, 2.24) is 20.0 Å². The molecule has 1 amide bonds. The van der Waals surface area contributed by atoms with Crippen LogP contribution in [0.4, 0.5) is 13.2 Å². The number of rotatable bonds is 4. The molecule has 0 aliphatic rings. The van der Waals surface area contributed by atoms with Crippen LogP contribution >= 0.6 is 0 Å². The fourth-order valence-corrected chi connectivity index (χ4v) is 2.32. The van der Waals surface area contributed by atoms with Crippen molar-refractivity contribution in [3.8, 4) is 0 Å². The van der Waals surface area contributed by atoms with Gasteiger partial charge in [-0.05, 0) is 19.1 Å². The molecule has 6 nitrogen and oxygen atoms in total. The largest absolute Gasteiger partial charge is 0.405 e. The van der Waals surface area contributed by atoms with E-state index in [9.17, 15) is 18.0 Å². The summed E-state index contributed by atoms with van der Waals surface area (Å²) in [5.41, 5.74) is 1.50. The van der Waals surface area contributed by atoms with Crippen LogP contribution in [0.15, 0.2) is 34.9 Å². The van der Waals surface area contributed by atoms with Crippen molar-refractivity contribution >= 4 is 16.9 Å². The molecular formula is C15H13F3N4O2. The van der Waals surface area contributed by atoms with Gasteiger partial charge in [-0.3, -0.25) is 4.79 Å². The first-order chi connectivity index (χ1) is 11.3. The molecule has 3 aromatic rings.